The van der Waals surface area contributed by atoms with Gasteiger partial charge in [0.25, 0.3) is 0 Å². The molecular formula is C22H15FO5S. The molecule has 0 spiro atoms. The van der Waals surface area contributed by atoms with Crippen molar-refractivity contribution in [3.8, 4) is 22.6 Å². The summed E-state index contributed by atoms with van der Waals surface area (Å²) < 4.78 is 29.9. The summed E-state index contributed by atoms with van der Waals surface area (Å²) in [5.41, 5.74) is 2.03. The Labute approximate surface area is 168 Å². The molecule has 4 rings (SSSR count). The van der Waals surface area contributed by atoms with Crippen LogP contribution in [0.15, 0.2) is 69.9 Å². The second kappa shape index (κ2) is 7.89. The maximum atomic E-state index is 13.1. The van der Waals surface area contributed by atoms with Gasteiger partial charge in [-0.1, -0.05) is 23.5 Å². The normalized spacial score (nSPS) is 10.8. The van der Waals surface area contributed by atoms with Gasteiger partial charge in [0.05, 0.1) is 16.9 Å². The number of fused-ring (bicyclic) bond motifs is 1. The highest BCUT2D eigenvalue weighted by Crippen LogP contribution is 2.35. The van der Waals surface area contributed by atoms with Gasteiger partial charge in [0.2, 0.25) is 0 Å². The summed E-state index contributed by atoms with van der Waals surface area (Å²) in [7, 11) is 0. The summed E-state index contributed by atoms with van der Waals surface area (Å²) >= 11 is 0.923. The highest BCUT2D eigenvalue weighted by atomic mass is 32.1. The highest BCUT2D eigenvalue weighted by molar-refractivity contribution is 7.16. The summed E-state index contributed by atoms with van der Waals surface area (Å²) in [4.78, 5) is 23.7. The predicted molar refractivity (Wildman–Crippen MR) is 108 cm³/mol. The monoisotopic (exact) mass is 410 g/mol. The molecule has 0 aliphatic carbocycles. The minimum Gasteiger partial charge on any atom is -0.494 e. The average Bonchev–Trinajstić information content (AvgIpc) is 3.09. The van der Waals surface area contributed by atoms with Crippen LogP contribution in [0, 0.1) is 5.82 Å². The van der Waals surface area contributed by atoms with Crippen LogP contribution in [0.5, 0.6) is 11.5 Å². The van der Waals surface area contributed by atoms with Crippen LogP contribution >= 0.6 is 11.3 Å². The third kappa shape index (κ3) is 4.05. The fourth-order valence-corrected chi connectivity index (χ4v) is 3.60. The molecule has 0 amide bonds. The van der Waals surface area contributed by atoms with Crippen molar-refractivity contribution >= 4 is 27.6 Å². The number of carbonyl (C=O) groups is 1. The van der Waals surface area contributed by atoms with E-state index in [9.17, 15) is 14.0 Å². The van der Waals surface area contributed by atoms with Crippen molar-refractivity contribution in [3.63, 3.8) is 0 Å². The Morgan fingerprint density at radius 1 is 1.03 bits per heavy atom. The van der Waals surface area contributed by atoms with Gasteiger partial charge in [-0.25, -0.2) is 14.0 Å². The molecule has 0 N–H and O–H groups in total. The lowest BCUT2D eigenvalue weighted by Gasteiger charge is -2.09. The molecule has 5 nitrogen and oxygen atoms in total. The van der Waals surface area contributed by atoms with Gasteiger partial charge in [-0.15, -0.1) is 0 Å². The van der Waals surface area contributed by atoms with Gasteiger partial charge < -0.3 is 13.9 Å². The van der Waals surface area contributed by atoms with Crippen LogP contribution in [-0.4, -0.2) is 12.6 Å². The summed E-state index contributed by atoms with van der Waals surface area (Å²) in [5.74, 6) is -0.0901. The van der Waals surface area contributed by atoms with Gasteiger partial charge in [0.1, 0.15) is 17.3 Å². The fourth-order valence-electron chi connectivity index (χ4n) is 2.87. The Kier molecular flexibility index (Phi) is 5.14. The zero-order chi connectivity index (χ0) is 20.4. The fraction of sp³-hybridized carbons (Fsp3) is 0.0909. The maximum absolute atomic E-state index is 13.1. The number of hydrogen-bond donors (Lipinski definition) is 0. The first kappa shape index (κ1) is 18.9. The molecule has 4 aromatic rings. The van der Waals surface area contributed by atoms with Crippen molar-refractivity contribution < 1.29 is 23.1 Å². The molecule has 3 aromatic carbocycles. The quantitative estimate of drug-likeness (QED) is 0.331. The number of ether oxygens (including phenoxy) is 2. The van der Waals surface area contributed by atoms with Gasteiger partial charge in [0, 0.05) is 11.6 Å². The van der Waals surface area contributed by atoms with E-state index in [0.29, 0.717) is 22.5 Å². The Morgan fingerprint density at radius 3 is 2.45 bits per heavy atom. The number of esters is 1. The van der Waals surface area contributed by atoms with Crippen LogP contribution in [0.1, 0.15) is 17.3 Å². The van der Waals surface area contributed by atoms with Crippen LogP contribution in [0.3, 0.4) is 0 Å². The van der Waals surface area contributed by atoms with Crippen LogP contribution in [-0.2, 0) is 0 Å². The van der Waals surface area contributed by atoms with Gasteiger partial charge >= 0.3 is 10.9 Å². The Bertz CT molecular complexity index is 1220. The van der Waals surface area contributed by atoms with E-state index in [2.05, 4.69) is 0 Å². The van der Waals surface area contributed by atoms with Gasteiger partial charge in [-0.3, -0.25) is 0 Å². The van der Waals surface area contributed by atoms with Crippen molar-refractivity contribution in [1.82, 2.24) is 0 Å². The predicted octanol–water partition coefficient (Wildman–Crippen LogP) is 5.28. The molecule has 0 bridgehead atoms. The molecule has 0 atom stereocenters. The van der Waals surface area contributed by atoms with Crippen molar-refractivity contribution in [2.75, 3.05) is 6.61 Å². The van der Waals surface area contributed by atoms with E-state index in [-0.39, 0.29) is 11.3 Å². The largest absolute Gasteiger partial charge is 0.494 e. The van der Waals surface area contributed by atoms with E-state index in [1.807, 2.05) is 31.2 Å². The molecular weight excluding hydrogens is 395 g/mol. The Balaban J connectivity index is 1.73. The Hall–Kier alpha value is -3.45. The second-order valence-electron chi connectivity index (χ2n) is 6.11. The number of carbonyl (C=O) groups excluding carboxylic acids is 1. The second-order valence-corrected chi connectivity index (χ2v) is 7.08. The summed E-state index contributed by atoms with van der Waals surface area (Å²) in [6.45, 7) is 2.45. The number of rotatable bonds is 5. The van der Waals surface area contributed by atoms with E-state index < -0.39 is 16.7 Å². The van der Waals surface area contributed by atoms with Crippen LogP contribution in [0.25, 0.3) is 21.4 Å². The van der Waals surface area contributed by atoms with Gasteiger partial charge in [0.15, 0.2) is 5.58 Å². The first-order chi connectivity index (χ1) is 14.0. The van der Waals surface area contributed by atoms with E-state index in [4.69, 9.17) is 13.9 Å². The van der Waals surface area contributed by atoms with Crippen molar-refractivity contribution in [1.29, 1.82) is 0 Å². The third-order valence-corrected chi connectivity index (χ3v) is 4.95. The Morgan fingerprint density at radius 2 is 1.76 bits per heavy atom. The van der Waals surface area contributed by atoms with Crippen molar-refractivity contribution in [2.45, 2.75) is 6.92 Å². The zero-order valence-corrected chi connectivity index (χ0v) is 16.1. The topological polar surface area (TPSA) is 65.7 Å². The smallest absolute Gasteiger partial charge is 0.396 e. The number of benzene rings is 3. The third-order valence-electron chi connectivity index (χ3n) is 4.17. The van der Waals surface area contributed by atoms with E-state index >= 15 is 0 Å². The first-order valence-corrected chi connectivity index (χ1v) is 9.64. The number of hydrogen-bond acceptors (Lipinski definition) is 6. The first-order valence-electron chi connectivity index (χ1n) is 8.82. The zero-order valence-electron chi connectivity index (χ0n) is 15.3. The number of halogens is 1. The van der Waals surface area contributed by atoms with E-state index in [1.54, 1.807) is 12.1 Å². The molecule has 1 heterocycles. The van der Waals surface area contributed by atoms with Crippen molar-refractivity contribution in [2.24, 2.45) is 0 Å². The maximum Gasteiger partial charge on any atom is 0.396 e. The van der Waals surface area contributed by atoms with Crippen LogP contribution < -0.4 is 14.4 Å². The minimum absolute atomic E-state index is 0.217. The molecule has 0 saturated heterocycles. The SMILES string of the molecule is CCOc1ccc(-c2cc(OC(=O)c3ccc(F)cc3)cc3sc(=O)oc23)cc1. The molecule has 146 valence electrons. The molecule has 0 unspecified atom stereocenters. The average molecular weight is 410 g/mol. The van der Waals surface area contributed by atoms with Crippen molar-refractivity contribution in [3.05, 3.63) is 81.8 Å². The van der Waals surface area contributed by atoms with Crippen LogP contribution in [0.4, 0.5) is 4.39 Å². The molecule has 1 aromatic heterocycles. The molecule has 7 heteroatoms. The lowest BCUT2D eigenvalue weighted by atomic mass is 10.0. The lowest BCUT2D eigenvalue weighted by Crippen LogP contribution is -2.08. The summed E-state index contributed by atoms with van der Waals surface area (Å²) in [6, 6.07) is 15.6. The highest BCUT2D eigenvalue weighted by Gasteiger charge is 2.16. The van der Waals surface area contributed by atoms with Gasteiger partial charge in [-0.2, -0.15) is 0 Å². The van der Waals surface area contributed by atoms with E-state index in [0.717, 1.165) is 22.6 Å². The summed E-state index contributed by atoms with van der Waals surface area (Å²) in [5, 5.41) is 0. The molecule has 0 radical (unpaired) electrons. The molecule has 0 fully saturated rings. The van der Waals surface area contributed by atoms with Crippen LogP contribution in [0.2, 0.25) is 0 Å². The molecule has 0 aliphatic heterocycles. The standard InChI is InChI=1S/C22H15FO5S/c1-2-26-16-9-5-13(6-10-16)18-11-17(12-19-20(18)28-22(25)29-19)27-21(24)14-3-7-15(23)8-4-14/h3-12H,2H2,1H3. The minimum atomic E-state index is -0.627. The van der Waals surface area contributed by atoms with Gasteiger partial charge in [-0.05, 0) is 55.0 Å². The summed E-state index contributed by atoms with van der Waals surface area (Å²) in [6.07, 6.45) is 0. The lowest BCUT2D eigenvalue weighted by molar-refractivity contribution is 0.0735. The van der Waals surface area contributed by atoms with E-state index in [1.165, 1.54) is 24.3 Å². The molecule has 0 saturated carbocycles. The molecule has 0 aliphatic rings. The molecule has 29 heavy (non-hydrogen) atoms.